The Bertz CT molecular complexity index is 192. The van der Waals surface area contributed by atoms with Crippen LogP contribution in [0.25, 0.3) is 0 Å². The summed E-state index contributed by atoms with van der Waals surface area (Å²) < 4.78 is 4.46. The highest BCUT2D eigenvalue weighted by Gasteiger charge is 2.41. The number of ether oxygens (including phenoxy) is 1. The lowest BCUT2D eigenvalue weighted by Gasteiger charge is -2.24. The second-order valence-electron chi connectivity index (χ2n) is 2.89. The van der Waals surface area contributed by atoms with E-state index < -0.39 is 6.09 Å². The molecule has 0 N–H and O–H groups in total. The third-order valence-electron chi connectivity index (χ3n) is 2.20. The van der Waals surface area contributed by atoms with Crippen LogP contribution in [0, 0.1) is 0 Å². The van der Waals surface area contributed by atoms with Gasteiger partial charge in [0.15, 0.2) is 0 Å². The zero-order valence-corrected chi connectivity index (χ0v) is 6.08. The Hall–Kier alpha value is -1.06. The van der Waals surface area contributed by atoms with Gasteiger partial charge in [-0.3, -0.25) is 4.90 Å². The number of piperidine rings is 1. The molecule has 2 rings (SSSR count). The summed E-state index contributed by atoms with van der Waals surface area (Å²) in [5.74, 6) is -0.366. The molecule has 0 aromatic rings. The largest absolute Gasteiger partial charge is 0.418 e. The molecule has 2 aliphatic heterocycles. The van der Waals surface area contributed by atoms with Crippen molar-refractivity contribution in [1.29, 1.82) is 0 Å². The Kier molecular flexibility index (Phi) is 1.34. The fourth-order valence-electron chi connectivity index (χ4n) is 1.61. The predicted octanol–water partition coefficient (Wildman–Crippen LogP) is 0.518. The van der Waals surface area contributed by atoms with E-state index in [2.05, 4.69) is 4.74 Å². The van der Waals surface area contributed by atoms with Crippen LogP contribution in [0.5, 0.6) is 0 Å². The SMILES string of the molecule is O=C1OC(=O)N2CCCC[C@@H]12. The molecule has 0 radical (unpaired) electrons. The van der Waals surface area contributed by atoms with Gasteiger partial charge in [0.1, 0.15) is 6.04 Å². The van der Waals surface area contributed by atoms with Crippen LogP contribution in [0.2, 0.25) is 0 Å². The molecule has 0 aromatic heterocycles. The monoisotopic (exact) mass is 155 g/mol. The van der Waals surface area contributed by atoms with E-state index in [1.807, 2.05) is 0 Å². The highest BCUT2D eigenvalue weighted by Crippen LogP contribution is 2.23. The molecule has 60 valence electrons. The first-order valence-corrected chi connectivity index (χ1v) is 3.81. The van der Waals surface area contributed by atoms with Crippen LogP contribution in [0.1, 0.15) is 19.3 Å². The first kappa shape index (κ1) is 6.64. The van der Waals surface area contributed by atoms with Crippen LogP contribution in [-0.2, 0) is 9.53 Å². The number of cyclic esters (lactones) is 2. The highest BCUT2D eigenvalue weighted by molar-refractivity contribution is 5.95. The van der Waals surface area contributed by atoms with Crippen LogP contribution in [0.15, 0.2) is 0 Å². The van der Waals surface area contributed by atoms with Gasteiger partial charge in [0.05, 0.1) is 0 Å². The molecule has 0 aliphatic carbocycles. The Labute approximate surface area is 64.1 Å². The lowest BCUT2D eigenvalue weighted by Crippen LogP contribution is -2.38. The number of amides is 1. The summed E-state index contributed by atoms with van der Waals surface area (Å²) >= 11 is 0. The molecule has 1 atom stereocenters. The first-order valence-electron chi connectivity index (χ1n) is 3.81. The number of hydrogen-bond donors (Lipinski definition) is 0. The maximum Gasteiger partial charge on any atom is 0.418 e. The van der Waals surface area contributed by atoms with Gasteiger partial charge >= 0.3 is 12.1 Å². The van der Waals surface area contributed by atoms with E-state index in [0.717, 1.165) is 19.3 Å². The summed E-state index contributed by atoms with van der Waals surface area (Å²) in [6, 6.07) is -0.267. The van der Waals surface area contributed by atoms with E-state index in [1.165, 1.54) is 4.90 Å². The Morgan fingerprint density at radius 1 is 1.36 bits per heavy atom. The number of nitrogens with zero attached hydrogens (tertiary/aromatic N) is 1. The van der Waals surface area contributed by atoms with E-state index in [1.54, 1.807) is 0 Å². The molecule has 2 fully saturated rings. The molecular formula is C7H9NO3. The van der Waals surface area contributed by atoms with Crippen molar-refractivity contribution in [1.82, 2.24) is 4.90 Å². The standard InChI is InChI=1S/C7H9NO3/c9-6-5-3-1-2-4-8(5)7(10)11-6/h5H,1-4H2/t5-/m0/s1. The van der Waals surface area contributed by atoms with Gasteiger partial charge in [-0.15, -0.1) is 0 Å². The van der Waals surface area contributed by atoms with Crippen molar-refractivity contribution in [2.75, 3.05) is 6.54 Å². The van der Waals surface area contributed by atoms with Gasteiger partial charge in [0.2, 0.25) is 0 Å². The summed E-state index contributed by atoms with van der Waals surface area (Å²) in [5, 5.41) is 0. The molecule has 4 heteroatoms. The minimum Gasteiger partial charge on any atom is -0.375 e. The van der Waals surface area contributed by atoms with Crippen LogP contribution < -0.4 is 0 Å². The van der Waals surface area contributed by atoms with Crippen LogP contribution in [-0.4, -0.2) is 29.5 Å². The molecular weight excluding hydrogens is 146 g/mol. The van der Waals surface area contributed by atoms with E-state index in [-0.39, 0.29) is 12.0 Å². The molecule has 0 spiro atoms. The minimum absolute atomic E-state index is 0.267. The third-order valence-corrected chi connectivity index (χ3v) is 2.20. The summed E-state index contributed by atoms with van der Waals surface area (Å²) in [6.07, 6.45) is 2.31. The molecule has 2 heterocycles. The van der Waals surface area contributed by atoms with Crippen LogP contribution >= 0.6 is 0 Å². The average molecular weight is 155 g/mol. The van der Waals surface area contributed by atoms with Crippen molar-refractivity contribution in [2.45, 2.75) is 25.3 Å². The smallest absolute Gasteiger partial charge is 0.375 e. The van der Waals surface area contributed by atoms with Crippen molar-refractivity contribution in [3.05, 3.63) is 0 Å². The van der Waals surface area contributed by atoms with E-state index in [0.29, 0.717) is 6.54 Å². The van der Waals surface area contributed by atoms with Gasteiger partial charge in [-0.25, -0.2) is 9.59 Å². The van der Waals surface area contributed by atoms with Gasteiger partial charge < -0.3 is 4.74 Å². The van der Waals surface area contributed by atoms with Gasteiger partial charge in [0.25, 0.3) is 0 Å². The average Bonchev–Trinajstić information content (AvgIpc) is 2.30. The molecule has 4 nitrogen and oxygen atoms in total. The second kappa shape index (κ2) is 2.22. The molecule has 0 saturated carbocycles. The van der Waals surface area contributed by atoms with Gasteiger partial charge in [-0.2, -0.15) is 0 Å². The molecule has 0 aromatic carbocycles. The lowest BCUT2D eigenvalue weighted by molar-refractivity contribution is -0.136. The predicted molar refractivity (Wildman–Crippen MR) is 35.8 cm³/mol. The van der Waals surface area contributed by atoms with Gasteiger partial charge in [-0.1, -0.05) is 0 Å². The maximum absolute atomic E-state index is 10.9. The van der Waals surface area contributed by atoms with Crippen LogP contribution in [0.4, 0.5) is 4.79 Å². The minimum atomic E-state index is -0.459. The summed E-state index contributed by atoms with van der Waals surface area (Å²) in [7, 11) is 0. The number of fused-ring (bicyclic) bond motifs is 1. The normalized spacial score (nSPS) is 30.2. The molecule has 0 bridgehead atoms. The summed E-state index contributed by atoms with van der Waals surface area (Å²) in [4.78, 5) is 23.4. The van der Waals surface area contributed by atoms with Gasteiger partial charge in [-0.05, 0) is 19.3 Å². The number of esters is 1. The van der Waals surface area contributed by atoms with Crippen LogP contribution in [0.3, 0.4) is 0 Å². The Balaban J connectivity index is 2.19. The van der Waals surface area contributed by atoms with E-state index >= 15 is 0 Å². The molecule has 11 heavy (non-hydrogen) atoms. The van der Waals surface area contributed by atoms with Gasteiger partial charge in [0, 0.05) is 6.54 Å². The summed E-state index contributed by atoms with van der Waals surface area (Å²) in [6.45, 7) is 0.676. The molecule has 1 amide bonds. The molecule has 2 aliphatic rings. The van der Waals surface area contributed by atoms with Crippen molar-refractivity contribution in [2.24, 2.45) is 0 Å². The van der Waals surface area contributed by atoms with Crippen molar-refractivity contribution in [3.63, 3.8) is 0 Å². The third kappa shape index (κ3) is 0.895. The maximum atomic E-state index is 10.9. The zero-order valence-electron chi connectivity index (χ0n) is 6.08. The Morgan fingerprint density at radius 2 is 2.18 bits per heavy atom. The number of rotatable bonds is 0. The second-order valence-corrected chi connectivity index (χ2v) is 2.89. The quantitative estimate of drug-likeness (QED) is 0.378. The zero-order chi connectivity index (χ0) is 7.84. The number of hydrogen-bond acceptors (Lipinski definition) is 3. The van der Waals surface area contributed by atoms with E-state index in [4.69, 9.17) is 0 Å². The first-order chi connectivity index (χ1) is 5.29. The number of carbonyl (C=O) groups excluding carboxylic acids is 2. The summed E-state index contributed by atoms with van der Waals surface area (Å²) in [5.41, 5.74) is 0. The highest BCUT2D eigenvalue weighted by atomic mass is 16.6. The molecule has 2 saturated heterocycles. The topological polar surface area (TPSA) is 46.6 Å². The fraction of sp³-hybridized carbons (Fsp3) is 0.714. The Morgan fingerprint density at radius 3 is 2.91 bits per heavy atom. The number of carbonyl (C=O) groups is 2. The fourth-order valence-corrected chi connectivity index (χ4v) is 1.61. The molecule has 0 unspecified atom stereocenters. The van der Waals surface area contributed by atoms with Crippen molar-refractivity contribution in [3.8, 4) is 0 Å². The lowest BCUT2D eigenvalue weighted by atomic mass is 10.0. The van der Waals surface area contributed by atoms with Crippen molar-refractivity contribution >= 4 is 12.1 Å². The van der Waals surface area contributed by atoms with Crippen molar-refractivity contribution < 1.29 is 14.3 Å². The van der Waals surface area contributed by atoms with E-state index in [9.17, 15) is 9.59 Å².